The zero-order valence-corrected chi connectivity index (χ0v) is 16.5. The van der Waals surface area contributed by atoms with E-state index in [1.54, 1.807) is 12.4 Å². The normalized spacial score (nSPS) is 18.4. The lowest BCUT2D eigenvalue weighted by Gasteiger charge is -2.22. The topological polar surface area (TPSA) is 76.9 Å². The third-order valence-corrected chi connectivity index (χ3v) is 7.78. The van der Waals surface area contributed by atoms with E-state index in [-0.39, 0.29) is 5.25 Å². The molecule has 0 radical (unpaired) electrons. The van der Waals surface area contributed by atoms with Gasteiger partial charge in [-0.25, -0.2) is 13.1 Å². The summed E-state index contributed by atoms with van der Waals surface area (Å²) in [6.07, 6.45) is 12.8. The highest BCUT2D eigenvalue weighted by atomic mass is 32.2. The van der Waals surface area contributed by atoms with Crippen LogP contribution in [0.25, 0.3) is 11.3 Å². The Kier molecular flexibility index (Phi) is 5.59. The number of hydrogen-bond acceptors (Lipinski definition) is 4. The first-order chi connectivity index (χ1) is 13.1. The minimum absolute atomic E-state index is 0.217. The first-order valence-electron chi connectivity index (χ1n) is 10.1. The van der Waals surface area contributed by atoms with Gasteiger partial charge in [-0.1, -0.05) is 19.3 Å². The zero-order valence-electron chi connectivity index (χ0n) is 15.7. The van der Waals surface area contributed by atoms with Crippen LogP contribution in [-0.4, -0.2) is 35.0 Å². The lowest BCUT2D eigenvalue weighted by Crippen LogP contribution is -2.37. The summed E-state index contributed by atoms with van der Waals surface area (Å²) in [5.41, 5.74) is 4.71. The van der Waals surface area contributed by atoms with Gasteiger partial charge in [0.2, 0.25) is 10.0 Å². The molecule has 4 rings (SSSR count). The molecule has 0 spiro atoms. The van der Waals surface area contributed by atoms with Crippen LogP contribution >= 0.6 is 0 Å². The second-order valence-electron chi connectivity index (χ2n) is 7.64. The van der Waals surface area contributed by atoms with Crippen LogP contribution in [0.3, 0.4) is 0 Å². The van der Waals surface area contributed by atoms with Crippen molar-refractivity contribution in [2.75, 3.05) is 6.54 Å². The van der Waals surface area contributed by atoms with Crippen LogP contribution < -0.4 is 4.72 Å². The molecule has 2 aromatic heterocycles. The molecule has 1 saturated carbocycles. The molecule has 0 aliphatic heterocycles. The summed E-state index contributed by atoms with van der Waals surface area (Å²) < 4.78 is 29.9. The van der Waals surface area contributed by atoms with Crippen molar-refractivity contribution in [3.05, 3.63) is 35.8 Å². The SMILES string of the molecule is O=S(=O)(NCCn1nc(-c2ccncc2)c2c1CCCC2)C1CCCCC1. The fourth-order valence-corrected chi connectivity index (χ4v) is 5.95. The Morgan fingerprint density at radius 2 is 1.78 bits per heavy atom. The van der Waals surface area contributed by atoms with Gasteiger partial charge in [0.25, 0.3) is 0 Å². The molecule has 0 saturated heterocycles. The number of aromatic nitrogens is 3. The van der Waals surface area contributed by atoms with Gasteiger partial charge in [-0.15, -0.1) is 0 Å². The third-order valence-electron chi connectivity index (χ3n) is 5.83. The van der Waals surface area contributed by atoms with E-state index in [1.807, 2.05) is 16.8 Å². The van der Waals surface area contributed by atoms with E-state index in [1.165, 1.54) is 24.1 Å². The highest BCUT2D eigenvalue weighted by Crippen LogP contribution is 2.31. The van der Waals surface area contributed by atoms with Gasteiger partial charge < -0.3 is 0 Å². The van der Waals surface area contributed by atoms with Crippen LogP contribution in [0.15, 0.2) is 24.5 Å². The predicted molar refractivity (Wildman–Crippen MR) is 106 cm³/mol. The molecule has 2 aliphatic carbocycles. The van der Waals surface area contributed by atoms with Crippen LogP contribution in [0.4, 0.5) is 0 Å². The summed E-state index contributed by atoms with van der Waals surface area (Å²) in [6, 6.07) is 3.99. The van der Waals surface area contributed by atoms with Gasteiger partial charge in [0.15, 0.2) is 0 Å². The molecule has 0 atom stereocenters. The van der Waals surface area contributed by atoms with Gasteiger partial charge in [0, 0.05) is 35.8 Å². The largest absolute Gasteiger partial charge is 0.267 e. The summed E-state index contributed by atoms with van der Waals surface area (Å²) in [4.78, 5) is 4.10. The van der Waals surface area contributed by atoms with E-state index in [2.05, 4.69) is 9.71 Å². The van der Waals surface area contributed by atoms with Crippen molar-refractivity contribution in [2.45, 2.75) is 69.6 Å². The van der Waals surface area contributed by atoms with Crippen molar-refractivity contribution in [1.82, 2.24) is 19.5 Å². The molecular weight excluding hydrogens is 360 g/mol. The lowest BCUT2D eigenvalue weighted by atomic mass is 9.94. The van der Waals surface area contributed by atoms with E-state index in [0.29, 0.717) is 13.1 Å². The maximum absolute atomic E-state index is 12.5. The minimum Gasteiger partial charge on any atom is -0.267 e. The average molecular weight is 389 g/mol. The molecule has 6 nitrogen and oxygen atoms in total. The Bertz CT molecular complexity index is 871. The van der Waals surface area contributed by atoms with Gasteiger partial charge in [-0.05, 0) is 50.7 Å². The third kappa shape index (κ3) is 4.09. The maximum atomic E-state index is 12.5. The summed E-state index contributed by atoms with van der Waals surface area (Å²) in [6.45, 7) is 0.988. The Morgan fingerprint density at radius 3 is 2.56 bits per heavy atom. The van der Waals surface area contributed by atoms with Crippen molar-refractivity contribution in [1.29, 1.82) is 0 Å². The highest BCUT2D eigenvalue weighted by Gasteiger charge is 2.27. The molecule has 2 aliphatic rings. The van der Waals surface area contributed by atoms with Crippen LogP contribution in [-0.2, 0) is 29.4 Å². The Balaban J connectivity index is 1.48. The molecule has 0 aromatic carbocycles. The van der Waals surface area contributed by atoms with E-state index < -0.39 is 10.0 Å². The molecule has 7 heteroatoms. The molecule has 27 heavy (non-hydrogen) atoms. The monoisotopic (exact) mass is 388 g/mol. The fraction of sp³-hybridized carbons (Fsp3) is 0.600. The second kappa shape index (κ2) is 8.10. The fourth-order valence-electron chi connectivity index (χ4n) is 4.38. The zero-order chi connectivity index (χ0) is 18.7. The molecule has 2 heterocycles. The summed E-state index contributed by atoms with van der Waals surface area (Å²) in [5, 5.41) is 4.63. The molecule has 1 N–H and O–H groups in total. The van der Waals surface area contributed by atoms with E-state index in [9.17, 15) is 8.42 Å². The molecule has 146 valence electrons. The van der Waals surface area contributed by atoms with Crippen molar-refractivity contribution in [3.63, 3.8) is 0 Å². The number of nitrogens with one attached hydrogen (secondary N) is 1. The number of sulfonamides is 1. The average Bonchev–Trinajstić information content (AvgIpc) is 3.08. The van der Waals surface area contributed by atoms with Gasteiger partial charge in [-0.2, -0.15) is 5.10 Å². The number of hydrogen-bond donors (Lipinski definition) is 1. The molecular formula is C20H28N4O2S. The van der Waals surface area contributed by atoms with Crippen LogP contribution in [0.5, 0.6) is 0 Å². The maximum Gasteiger partial charge on any atom is 0.214 e. The molecule has 0 unspecified atom stereocenters. The highest BCUT2D eigenvalue weighted by molar-refractivity contribution is 7.90. The second-order valence-corrected chi connectivity index (χ2v) is 9.68. The molecule has 0 bridgehead atoms. The van der Waals surface area contributed by atoms with Crippen molar-refractivity contribution < 1.29 is 8.42 Å². The molecule has 1 fully saturated rings. The minimum atomic E-state index is -3.22. The van der Waals surface area contributed by atoms with Crippen LogP contribution in [0.1, 0.15) is 56.2 Å². The van der Waals surface area contributed by atoms with Gasteiger partial charge in [-0.3, -0.25) is 9.67 Å². The number of fused-ring (bicyclic) bond motifs is 1. The first kappa shape index (κ1) is 18.6. The van der Waals surface area contributed by atoms with Crippen LogP contribution in [0.2, 0.25) is 0 Å². The quantitative estimate of drug-likeness (QED) is 0.825. The van der Waals surface area contributed by atoms with Crippen molar-refractivity contribution >= 4 is 10.0 Å². The number of rotatable bonds is 6. The Hall–Kier alpha value is -1.73. The Morgan fingerprint density at radius 1 is 1.04 bits per heavy atom. The summed E-state index contributed by atoms with van der Waals surface area (Å²) in [7, 11) is -3.22. The van der Waals surface area contributed by atoms with Gasteiger partial charge >= 0.3 is 0 Å². The molecule has 0 amide bonds. The van der Waals surface area contributed by atoms with E-state index >= 15 is 0 Å². The molecule has 2 aromatic rings. The summed E-state index contributed by atoms with van der Waals surface area (Å²) >= 11 is 0. The van der Waals surface area contributed by atoms with E-state index in [0.717, 1.165) is 56.2 Å². The van der Waals surface area contributed by atoms with Gasteiger partial charge in [0.1, 0.15) is 0 Å². The van der Waals surface area contributed by atoms with Crippen LogP contribution in [0, 0.1) is 0 Å². The smallest absolute Gasteiger partial charge is 0.214 e. The van der Waals surface area contributed by atoms with Crippen molar-refractivity contribution in [3.8, 4) is 11.3 Å². The number of pyridine rings is 1. The predicted octanol–water partition coefficient (Wildman–Crippen LogP) is 3.08. The van der Waals surface area contributed by atoms with Crippen molar-refractivity contribution in [2.24, 2.45) is 0 Å². The summed E-state index contributed by atoms with van der Waals surface area (Å²) in [5.74, 6) is 0. The first-order valence-corrected chi connectivity index (χ1v) is 11.7. The standard InChI is InChI=1S/C20H28N4O2S/c25-27(26,17-6-2-1-3-7-17)22-14-15-24-19-9-5-4-8-18(19)20(23-24)16-10-12-21-13-11-16/h10-13,17,22H,1-9,14-15H2. The van der Waals surface area contributed by atoms with E-state index in [4.69, 9.17) is 5.10 Å². The number of nitrogens with zero attached hydrogens (tertiary/aromatic N) is 3. The Labute approximate surface area is 161 Å². The van der Waals surface area contributed by atoms with Gasteiger partial charge in [0.05, 0.1) is 17.5 Å². The lowest BCUT2D eigenvalue weighted by molar-refractivity contribution is 0.473.